The minimum atomic E-state index is -0.127. The highest BCUT2D eigenvalue weighted by atomic mass is 79.9. The van der Waals surface area contributed by atoms with Crippen LogP contribution in [0.2, 0.25) is 10.0 Å². The van der Waals surface area contributed by atoms with E-state index in [1.807, 2.05) is 44.6 Å². The fraction of sp³-hybridized carbons (Fsp3) is 0.211. The first-order valence-corrected chi connectivity index (χ1v) is 9.36. The summed E-state index contributed by atoms with van der Waals surface area (Å²) in [6, 6.07) is 10.9. The lowest BCUT2D eigenvalue weighted by atomic mass is 10.1. The minimum absolute atomic E-state index is 0.127. The van der Waals surface area contributed by atoms with Crippen molar-refractivity contribution in [3.05, 3.63) is 68.2 Å². The molecule has 0 amide bonds. The standard InChI is InChI=1S/C19H17BrCl2N2O/c1-23(2)8-7-12-11-24(18-15(12)9-13(21)10-17(18)22)19(25)14-5-3-4-6-16(14)20/h3-6,9-11H,7-8H2,1-2H3. The summed E-state index contributed by atoms with van der Waals surface area (Å²) in [6.07, 6.45) is 2.68. The maximum atomic E-state index is 13.1. The van der Waals surface area contributed by atoms with Crippen LogP contribution in [0.3, 0.4) is 0 Å². The molecule has 0 N–H and O–H groups in total. The van der Waals surface area contributed by atoms with Crippen LogP contribution in [-0.2, 0) is 6.42 Å². The minimum Gasteiger partial charge on any atom is -0.309 e. The van der Waals surface area contributed by atoms with Crippen LogP contribution in [0.25, 0.3) is 10.9 Å². The number of hydrogen-bond acceptors (Lipinski definition) is 2. The van der Waals surface area contributed by atoms with Crippen LogP contribution in [-0.4, -0.2) is 36.0 Å². The van der Waals surface area contributed by atoms with E-state index in [-0.39, 0.29) is 5.91 Å². The second-order valence-electron chi connectivity index (χ2n) is 6.15. The smallest absolute Gasteiger partial charge is 0.263 e. The molecule has 3 rings (SSSR count). The molecule has 0 aliphatic rings. The molecule has 130 valence electrons. The highest BCUT2D eigenvalue weighted by molar-refractivity contribution is 9.10. The van der Waals surface area contributed by atoms with Crippen LogP contribution in [0.1, 0.15) is 15.9 Å². The Kier molecular flexibility index (Phi) is 5.54. The van der Waals surface area contributed by atoms with Gasteiger partial charge in [-0.2, -0.15) is 0 Å². The second kappa shape index (κ2) is 7.50. The average molecular weight is 440 g/mol. The summed E-state index contributed by atoms with van der Waals surface area (Å²) in [4.78, 5) is 15.2. The van der Waals surface area contributed by atoms with Crippen LogP contribution in [0, 0.1) is 0 Å². The van der Waals surface area contributed by atoms with Gasteiger partial charge in [0.15, 0.2) is 0 Å². The molecule has 0 spiro atoms. The van der Waals surface area contributed by atoms with E-state index in [0.717, 1.165) is 28.4 Å². The third kappa shape index (κ3) is 3.77. The molecule has 3 aromatic rings. The lowest BCUT2D eigenvalue weighted by Gasteiger charge is -2.08. The summed E-state index contributed by atoms with van der Waals surface area (Å²) in [5.41, 5.74) is 2.33. The first kappa shape index (κ1) is 18.5. The van der Waals surface area contributed by atoms with Gasteiger partial charge in [0.2, 0.25) is 0 Å². The molecule has 0 bridgehead atoms. The van der Waals surface area contributed by atoms with Gasteiger partial charge in [-0.3, -0.25) is 9.36 Å². The Bertz CT molecular complexity index is 950. The molecule has 1 aromatic heterocycles. The van der Waals surface area contributed by atoms with Crippen LogP contribution < -0.4 is 0 Å². The fourth-order valence-corrected chi connectivity index (χ4v) is 3.85. The first-order valence-electron chi connectivity index (χ1n) is 7.81. The molecule has 0 radical (unpaired) electrons. The molecular formula is C19H17BrCl2N2O. The molecule has 6 heteroatoms. The number of benzene rings is 2. The van der Waals surface area contributed by atoms with Crippen molar-refractivity contribution in [3.8, 4) is 0 Å². The monoisotopic (exact) mass is 438 g/mol. The van der Waals surface area contributed by atoms with E-state index in [4.69, 9.17) is 23.2 Å². The van der Waals surface area contributed by atoms with E-state index in [1.165, 1.54) is 0 Å². The van der Waals surface area contributed by atoms with Crippen molar-refractivity contribution in [2.75, 3.05) is 20.6 Å². The molecule has 0 unspecified atom stereocenters. The zero-order valence-electron chi connectivity index (χ0n) is 13.9. The van der Waals surface area contributed by atoms with Crippen LogP contribution in [0.5, 0.6) is 0 Å². The fourth-order valence-electron chi connectivity index (χ4n) is 2.81. The Morgan fingerprint density at radius 2 is 1.92 bits per heavy atom. The van der Waals surface area contributed by atoms with Crippen LogP contribution >= 0.6 is 39.1 Å². The van der Waals surface area contributed by atoms with E-state index in [0.29, 0.717) is 21.1 Å². The van der Waals surface area contributed by atoms with Crippen LogP contribution in [0.15, 0.2) is 47.1 Å². The van der Waals surface area contributed by atoms with Gasteiger partial charge >= 0.3 is 0 Å². The molecule has 0 atom stereocenters. The molecule has 0 saturated carbocycles. The molecule has 1 heterocycles. The Labute approximate surface area is 165 Å². The molecule has 0 aliphatic carbocycles. The number of nitrogens with zero attached hydrogens (tertiary/aromatic N) is 2. The highest BCUT2D eigenvalue weighted by Crippen LogP contribution is 2.33. The number of fused-ring (bicyclic) bond motifs is 1. The number of hydrogen-bond donors (Lipinski definition) is 0. The van der Waals surface area contributed by atoms with Gasteiger partial charge in [0.05, 0.1) is 16.1 Å². The average Bonchev–Trinajstić information content (AvgIpc) is 2.91. The Morgan fingerprint density at radius 3 is 2.60 bits per heavy atom. The molecule has 0 aliphatic heterocycles. The lowest BCUT2D eigenvalue weighted by molar-refractivity contribution is 0.0964. The van der Waals surface area contributed by atoms with Crippen molar-refractivity contribution >= 4 is 55.9 Å². The Morgan fingerprint density at radius 1 is 1.20 bits per heavy atom. The van der Waals surface area contributed by atoms with E-state index in [1.54, 1.807) is 16.7 Å². The van der Waals surface area contributed by atoms with Crippen LogP contribution in [0.4, 0.5) is 0 Å². The van der Waals surface area contributed by atoms with E-state index in [9.17, 15) is 4.79 Å². The molecule has 25 heavy (non-hydrogen) atoms. The maximum Gasteiger partial charge on any atom is 0.263 e. The summed E-state index contributed by atoms with van der Waals surface area (Å²) in [5, 5.41) is 1.95. The normalized spacial score (nSPS) is 11.4. The van der Waals surface area contributed by atoms with Gasteiger partial charge < -0.3 is 4.90 Å². The summed E-state index contributed by atoms with van der Waals surface area (Å²) in [5.74, 6) is -0.127. The molecule has 2 aromatic carbocycles. The van der Waals surface area contributed by atoms with Crippen molar-refractivity contribution in [1.29, 1.82) is 0 Å². The van der Waals surface area contributed by atoms with Crippen molar-refractivity contribution in [2.45, 2.75) is 6.42 Å². The zero-order valence-corrected chi connectivity index (χ0v) is 17.0. The summed E-state index contributed by atoms with van der Waals surface area (Å²) < 4.78 is 2.38. The first-order chi connectivity index (χ1) is 11.9. The number of likely N-dealkylation sites (N-methyl/N-ethyl adjacent to an activating group) is 1. The van der Waals surface area contributed by atoms with Gasteiger partial charge in [-0.1, -0.05) is 35.3 Å². The largest absolute Gasteiger partial charge is 0.309 e. The van der Waals surface area contributed by atoms with Gasteiger partial charge in [-0.05, 0) is 66.3 Å². The predicted molar refractivity (Wildman–Crippen MR) is 108 cm³/mol. The Balaban J connectivity index is 2.18. The predicted octanol–water partition coefficient (Wildman–Crippen LogP) is 5.50. The summed E-state index contributed by atoms with van der Waals surface area (Å²) >= 11 is 16.1. The molecule has 3 nitrogen and oxygen atoms in total. The quantitative estimate of drug-likeness (QED) is 0.535. The van der Waals surface area contributed by atoms with Gasteiger partial charge in [-0.15, -0.1) is 0 Å². The third-order valence-electron chi connectivity index (χ3n) is 4.05. The van der Waals surface area contributed by atoms with Crippen molar-refractivity contribution in [1.82, 2.24) is 9.47 Å². The second-order valence-corrected chi connectivity index (χ2v) is 7.84. The van der Waals surface area contributed by atoms with Gasteiger partial charge in [0.1, 0.15) is 0 Å². The van der Waals surface area contributed by atoms with Crippen molar-refractivity contribution in [3.63, 3.8) is 0 Å². The zero-order chi connectivity index (χ0) is 18.1. The maximum absolute atomic E-state index is 13.1. The van der Waals surface area contributed by atoms with Gasteiger partial charge in [0.25, 0.3) is 5.91 Å². The number of carbonyl (C=O) groups is 1. The number of rotatable bonds is 4. The summed E-state index contributed by atoms with van der Waals surface area (Å²) in [7, 11) is 4.04. The number of aromatic nitrogens is 1. The topological polar surface area (TPSA) is 25.2 Å². The van der Waals surface area contributed by atoms with E-state index < -0.39 is 0 Å². The van der Waals surface area contributed by atoms with Gasteiger partial charge in [0, 0.05) is 27.6 Å². The van der Waals surface area contributed by atoms with Crippen molar-refractivity contribution < 1.29 is 4.79 Å². The molecular weight excluding hydrogens is 423 g/mol. The van der Waals surface area contributed by atoms with Gasteiger partial charge in [-0.25, -0.2) is 0 Å². The third-order valence-corrected chi connectivity index (χ3v) is 5.25. The molecule has 0 fully saturated rings. The van der Waals surface area contributed by atoms with E-state index in [2.05, 4.69) is 20.8 Å². The SMILES string of the molecule is CN(C)CCc1cn(C(=O)c2ccccc2Br)c2c(Cl)cc(Cl)cc12. The Hall–Kier alpha value is -1.33. The number of carbonyl (C=O) groups excluding carboxylic acids is 1. The summed E-state index contributed by atoms with van der Waals surface area (Å²) in [6.45, 7) is 0.868. The highest BCUT2D eigenvalue weighted by Gasteiger charge is 2.19. The lowest BCUT2D eigenvalue weighted by Crippen LogP contribution is -2.15. The molecule has 0 saturated heterocycles. The number of halogens is 3. The van der Waals surface area contributed by atoms with Crippen molar-refractivity contribution in [2.24, 2.45) is 0 Å². The van der Waals surface area contributed by atoms with E-state index >= 15 is 0 Å².